The molecule has 0 aliphatic heterocycles. The van der Waals surface area contributed by atoms with Gasteiger partial charge in [-0.25, -0.2) is 0 Å². The Morgan fingerprint density at radius 1 is 0.340 bits per heavy atom. The van der Waals surface area contributed by atoms with Gasteiger partial charge in [0, 0.05) is 51.7 Å². The Bertz CT molecular complexity index is 3170. The Hall–Kier alpha value is -6.26. The van der Waals surface area contributed by atoms with Crippen LogP contribution in [0.1, 0.15) is 0 Å². The smallest absolute Gasteiger partial charge is 0.0555 e. The van der Waals surface area contributed by atoms with Crippen LogP contribution >= 0.6 is 22.7 Å². The second-order valence-corrected chi connectivity index (χ2v) is 15.8. The first-order valence-electron chi connectivity index (χ1n) is 18.0. The standard InChI is InChI=1S/C50H31NS2/c1-3-11-32(12-4-1)36-22-25-43-47(29-36)53-50-40(33-13-5-2-6-14-33)27-28-45(49(43)50)51(38-24-26-42-41-17-9-10-18-46(41)52-48(42)31-38)37-23-21-35-20-19-34-15-7-8-16-39(34)44(35)30-37/h1-31H. The van der Waals surface area contributed by atoms with E-state index in [1.54, 1.807) is 0 Å². The Morgan fingerprint density at radius 2 is 0.962 bits per heavy atom. The van der Waals surface area contributed by atoms with E-state index in [1.165, 1.54) is 89.8 Å². The molecule has 248 valence electrons. The van der Waals surface area contributed by atoms with E-state index in [-0.39, 0.29) is 0 Å². The van der Waals surface area contributed by atoms with Crippen molar-refractivity contribution in [3.8, 4) is 22.3 Å². The lowest BCUT2D eigenvalue weighted by molar-refractivity contribution is 1.31. The zero-order chi connectivity index (χ0) is 34.9. The number of fused-ring (bicyclic) bond motifs is 9. The van der Waals surface area contributed by atoms with Gasteiger partial charge in [0.2, 0.25) is 0 Å². The third kappa shape index (κ3) is 4.97. The first kappa shape index (κ1) is 30.4. The first-order chi connectivity index (χ1) is 26.3. The van der Waals surface area contributed by atoms with Crippen molar-refractivity contribution in [1.29, 1.82) is 0 Å². The van der Waals surface area contributed by atoms with Crippen LogP contribution in [-0.2, 0) is 0 Å². The summed E-state index contributed by atoms with van der Waals surface area (Å²) in [5.41, 5.74) is 8.43. The van der Waals surface area contributed by atoms with Crippen molar-refractivity contribution in [2.45, 2.75) is 0 Å². The average Bonchev–Trinajstić information content (AvgIpc) is 3.80. The molecule has 0 spiro atoms. The number of hydrogen-bond donors (Lipinski definition) is 0. The van der Waals surface area contributed by atoms with Crippen LogP contribution in [0.15, 0.2) is 188 Å². The van der Waals surface area contributed by atoms with Gasteiger partial charge in [0.25, 0.3) is 0 Å². The van der Waals surface area contributed by atoms with E-state index in [9.17, 15) is 0 Å². The first-order valence-corrected chi connectivity index (χ1v) is 19.6. The molecule has 11 aromatic rings. The molecular weight excluding hydrogens is 679 g/mol. The largest absolute Gasteiger partial charge is 0.310 e. The average molecular weight is 710 g/mol. The lowest BCUT2D eigenvalue weighted by atomic mass is 9.98. The zero-order valence-electron chi connectivity index (χ0n) is 28.7. The van der Waals surface area contributed by atoms with E-state index in [0.717, 1.165) is 11.4 Å². The molecule has 0 atom stereocenters. The quantitative estimate of drug-likeness (QED) is 0.161. The summed E-state index contributed by atoms with van der Waals surface area (Å²) in [4.78, 5) is 2.50. The summed E-state index contributed by atoms with van der Waals surface area (Å²) >= 11 is 3.77. The van der Waals surface area contributed by atoms with Crippen LogP contribution in [0, 0.1) is 0 Å². The summed E-state index contributed by atoms with van der Waals surface area (Å²) in [7, 11) is 0. The summed E-state index contributed by atoms with van der Waals surface area (Å²) in [5.74, 6) is 0. The minimum Gasteiger partial charge on any atom is -0.310 e. The summed E-state index contributed by atoms with van der Waals surface area (Å²) in [6, 6.07) is 69.2. The molecule has 0 aliphatic rings. The van der Waals surface area contributed by atoms with Crippen molar-refractivity contribution in [2.24, 2.45) is 0 Å². The molecule has 3 heteroatoms. The maximum atomic E-state index is 2.50. The fraction of sp³-hybridized carbons (Fsp3) is 0. The number of benzene rings is 9. The Balaban J connectivity index is 1.22. The highest BCUT2D eigenvalue weighted by Crippen LogP contribution is 2.50. The van der Waals surface area contributed by atoms with E-state index in [1.807, 2.05) is 22.7 Å². The van der Waals surface area contributed by atoms with Crippen LogP contribution in [0.25, 0.3) is 84.1 Å². The molecule has 11 rings (SSSR count). The molecule has 0 saturated heterocycles. The van der Waals surface area contributed by atoms with Crippen molar-refractivity contribution in [3.05, 3.63) is 188 Å². The number of hydrogen-bond acceptors (Lipinski definition) is 3. The predicted octanol–water partition coefficient (Wildman–Crippen LogP) is 15.5. The summed E-state index contributed by atoms with van der Waals surface area (Å²) < 4.78 is 5.19. The molecule has 0 N–H and O–H groups in total. The molecular formula is C50H31NS2. The highest BCUT2D eigenvalue weighted by atomic mass is 32.1. The minimum atomic E-state index is 1.14. The highest BCUT2D eigenvalue weighted by Gasteiger charge is 2.22. The number of rotatable bonds is 5. The van der Waals surface area contributed by atoms with Gasteiger partial charge in [0.1, 0.15) is 0 Å². The summed E-state index contributed by atoms with van der Waals surface area (Å²) in [6.07, 6.45) is 0. The Kier molecular flexibility index (Phi) is 6.97. The molecule has 0 aliphatic carbocycles. The van der Waals surface area contributed by atoms with Gasteiger partial charge in [-0.2, -0.15) is 0 Å². The zero-order valence-corrected chi connectivity index (χ0v) is 30.3. The van der Waals surface area contributed by atoms with Crippen LogP contribution < -0.4 is 4.90 Å². The van der Waals surface area contributed by atoms with Crippen LogP contribution in [0.5, 0.6) is 0 Å². The van der Waals surface area contributed by atoms with Gasteiger partial charge in [0.15, 0.2) is 0 Å². The molecule has 0 fully saturated rings. The SMILES string of the molecule is c1ccc(-c2ccc3c(c2)sc2c(-c4ccccc4)ccc(N(c4ccc5c(c4)sc4ccccc45)c4ccc5ccc6ccccc6c5c4)c23)cc1. The van der Waals surface area contributed by atoms with Crippen molar-refractivity contribution in [2.75, 3.05) is 4.90 Å². The topological polar surface area (TPSA) is 3.24 Å². The molecule has 0 saturated carbocycles. The van der Waals surface area contributed by atoms with Crippen LogP contribution in [0.2, 0.25) is 0 Å². The van der Waals surface area contributed by atoms with E-state index in [4.69, 9.17) is 0 Å². The van der Waals surface area contributed by atoms with Crippen molar-refractivity contribution in [1.82, 2.24) is 0 Å². The second kappa shape index (κ2) is 12.2. The monoisotopic (exact) mass is 709 g/mol. The van der Waals surface area contributed by atoms with Crippen molar-refractivity contribution < 1.29 is 0 Å². The number of nitrogens with zero attached hydrogens (tertiary/aromatic N) is 1. The number of anilines is 3. The third-order valence-corrected chi connectivity index (χ3v) is 13.0. The van der Waals surface area contributed by atoms with Gasteiger partial charge in [-0.15, -0.1) is 22.7 Å². The van der Waals surface area contributed by atoms with E-state index in [2.05, 4.69) is 193 Å². The Labute approximate surface area is 315 Å². The Morgan fingerprint density at radius 3 is 1.81 bits per heavy atom. The van der Waals surface area contributed by atoms with Crippen LogP contribution in [-0.4, -0.2) is 0 Å². The minimum absolute atomic E-state index is 1.14. The van der Waals surface area contributed by atoms with Gasteiger partial charge < -0.3 is 4.90 Å². The molecule has 53 heavy (non-hydrogen) atoms. The lowest BCUT2D eigenvalue weighted by Crippen LogP contribution is -2.10. The summed E-state index contributed by atoms with van der Waals surface area (Å²) in [6.45, 7) is 0. The third-order valence-electron chi connectivity index (χ3n) is 10.6. The number of thiophene rings is 2. The van der Waals surface area contributed by atoms with Gasteiger partial charge in [-0.1, -0.05) is 146 Å². The maximum Gasteiger partial charge on any atom is 0.0555 e. The predicted molar refractivity (Wildman–Crippen MR) is 233 cm³/mol. The van der Waals surface area contributed by atoms with E-state index in [0.29, 0.717) is 0 Å². The maximum absolute atomic E-state index is 2.50. The van der Waals surface area contributed by atoms with Crippen LogP contribution in [0.4, 0.5) is 17.1 Å². The van der Waals surface area contributed by atoms with E-state index >= 15 is 0 Å². The molecule has 2 heterocycles. The van der Waals surface area contributed by atoms with Gasteiger partial charge in [0.05, 0.1) is 5.69 Å². The molecule has 0 amide bonds. The van der Waals surface area contributed by atoms with Crippen LogP contribution in [0.3, 0.4) is 0 Å². The molecule has 9 aromatic carbocycles. The fourth-order valence-electron chi connectivity index (χ4n) is 8.11. The highest BCUT2D eigenvalue weighted by molar-refractivity contribution is 7.26. The van der Waals surface area contributed by atoms with Gasteiger partial charge in [-0.3, -0.25) is 0 Å². The normalized spacial score (nSPS) is 11.8. The lowest BCUT2D eigenvalue weighted by Gasteiger charge is -2.27. The second-order valence-electron chi connectivity index (χ2n) is 13.7. The molecule has 2 aromatic heterocycles. The summed E-state index contributed by atoms with van der Waals surface area (Å²) in [5, 5.41) is 10.2. The van der Waals surface area contributed by atoms with Gasteiger partial charge in [-0.05, 0) is 86.3 Å². The molecule has 1 nitrogen and oxygen atoms in total. The van der Waals surface area contributed by atoms with Gasteiger partial charge >= 0.3 is 0 Å². The van der Waals surface area contributed by atoms with Crippen molar-refractivity contribution >= 4 is 102 Å². The van der Waals surface area contributed by atoms with E-state index < -0.39 is 0 Å². The molecule has 0 unspecified atom stereocenters. The fourth-order valence-corrected chi connectivity index (χ4v) is 10.6. The molecule has 0 radical (unpaired) electrons. The van der Waals surface area contributed by atoms with Crippen molar-refractivity contribution in [3.63, 3.8) is 0 Å². The molecule has 0 bridgehead atoms.